The van der Waals surface area contributed by atoms with E-state index >= 15 is 0 Å². The molecule has 4 aromatic rings. The number of hydrogen-bond donors (Lipinski definition) is 2. The van der Waals surface area contributed by atoms with Crippen molar-refractivity contribution < 1.29 is 38.6 Å². The van der Waals surface area contributed by atoms with E-state index < -0.39 is 58.6 Å². The molecule has 2 amide bonds. The number of esters is 2. The van der Waals surface area contributed by atoms with Crippen molar-refractivity contribution in [1.82, 2.24) is 10.2 Å². The van der Waals surface area contributed by atoms with Crippen molar-refractivity contribution in [2.45, 2.75) is 56.2 Å². The largest absolute Gasteiger partial charge is 0.509 e. The Morgan fingerprint density at radius 2 is 1.49 bits per heavy atom. The summed E-state index contributed by atoms with van der Waals surface area (Å²) in [6, 6.07) is 32.7. The highest BCUT2D eigenvalue weighted by molar-refractivity contribution is 9.09. The number of rotatable bonds is 17. The van der Waals surface area contributed by atoms with Gasteiger partial charge in [-0.2, -0.15) is 0 Å². The van der Waals surface area contributed by atoms with Crippen LogP contribution in [0.15, 0.2) is 127 Å². The molecule has 0 aliphatic carbocycles. The lowest BCUT2D eigenvalue weighted by molar-refractivity contribution is -0.156. The number of carbonyl (C=O) groups excluding carboxylic acids is 5. The minimum absolute atomic E-state index is 0.0740. The van der Waals surface area contributed by atoms with E-state index in [0.29, 0.717) is 40.5 Å². The van der Waals surface area contributed by atoms with Crippen molar-refractivity contribution in [2.24, 2.45) is 0 Å². The number of benzene rings is 4. The maximum atomic E-state index is 14.1. The van der Waals surface area contributed by atoms with Gasteiger partial charge in [-0.15, -0.1) is 0 Å². The zero-order valence-corrected chi connectivity index (χ0v) is 31.3. The van der Waals surface area contributed by atoms with E-state index in [-0.39, 0.29) is 11.9 Å². The van der Waals surface area contributed by atoms with Crippen LogP contribution in [0.4, 0.5) is 0 Å². The van der Waals surface area contributed by atoms with Crippen LogP contribution in [0, 0.1) is 0 Å². The molecule has 10 nitrogen and oxygen atoms in total. The lowest BCUT2D eigenvalue weighted by Crippen LogP contribution is -2.70. The average Bonchev–Trinajstić information content (AvgIpc) is 3.20. The highest BCUT2D eigenvalue weighted by Gasteiger charge is 2.54. The SMILES string of the molecule is CCCCc1ccccc1C(C(=O)NC1C(=O)N(C(C(=O)OC(c2ccccc2)c2ccccc2)=C(O)CBr)C1SC=O)C(=O)OCc1ccccc1. The van der Waals surface area contributed by atoms with Crippen LogP contribution in [0.3, 0.4) is 0 Å². The molecule has 2 N–H and O–H groups in total. The first-order chi connectivity index (χ1) is 25.8. The maximum Gasteiger partial charge on any atom is 0.359 e. The standard InChI is InChI=1S/C41H39BrN2O8S/c1-2-3-17-28-18-13-14-23-31(28)33(40(49)51-25-27-15-7-4-8-16-27)37(47)43-34-38(48)44(39(34)53-26-45)35(32(46)24-42)41(50)52-36(29-19-9-5-10-20-29)30-21-11-6-12-22-30/h4-16,18-23,26,33-34,36,39,46H,2-3,17,24-25H2,1H3,(H,43,47). The van der Waals surface area contributed by atoms with Crippen LogP contribution in [0.1, 0.15) is 59.6 Å². The van der Waals surface area contributed by atoms with Crippen molar-refractivity contribution in [3.8, 4) is 0 Å². The van der Waals surface area contributed by atoms with Crippen LogP contribution >= 0.6 is 27.7 Å². The Hall–Kier alpha value is -5.20. The minimum Gasteiger partial charge on any atom is -0.509 e. The third-order valence-electron chi connectivity index (χ3n) is 8.69. The summed E-state index contributed by atoms with van der Waals surface area (Å²) in [7, 11) is 0. The number of carbonyl (C=O) groups is 5. The lowest BCUT2D eigenvalue weighted by atomic mass is 9.90. The molecule has 0 aromatic heterocycles. The summed E-state index contributed by atoms with van der Waals surface area (Å²) < 4.78 is 11.6. The fourth-order valence-corrected chi connectivity index (χ4v) is 7.08. The summed E-state index contributed by atoms with van der Waals surface area (Å²) in [6.45, 7) is 1.96. The zero-order chi connectivity index (χ0) is 37.7. The number of nitrogens with one attached hydrogen (secondary N) is 1. The molecule has 0 spiro atoms. The quantitative estimate of drug-likeness (QED) is 0.0222. The number of aliphatic hydroxyl groups is 1. The molecule has 3 atom stereocenters. The summed E-state index contributed by atoms with van der Waals surface area (Å²) in [5.74, 6) is -5.40. The number of amides is 2. The van der Waals surface area contributed by atoms with E-state index in [9.17, 15) is 29.1 Å². The third kappa shape index (κ3) is 9.43. The topological polar surface area (TPSA) is 139 Å². The molecule has 5 rings (SSSR count). The molecule has 274 valence electrons. The second-order valence-corrected chi connectivity index (χ2v) is 13.7. The number of nitrogens with zero attached hydrogens (tertiary/aromatic N) is 1. The van der Waals surface area contributed by atoms with Gasteiger partial charge < -0.3 is 19.9 Å². The Morgan fingerprint density at radius 3 is 2.08 bits per heavy atom. The number of alkyl halides is 1. The summed E-state index contributed by atoms with van der Waals surface area (Å²) in [5.41, 5.74) is 3.23. The number of hydrogen-bond acceptors (Lipinski definition) is 9. The molecular weight excluding hydrogens is 760 g/mol. The lowest BCUT2D eigenvalue weighted by Gasteiger charge is -2.46. The molecule has 1 fully saturated rings. The van der Waals surface area contributed by atoms with Crippen molar-refractivity contribution in [3.63, 3.8) is 0 Å². The highest BCUT2D eigenvalue weighted by atomic mass is 79.9. The molecule has 3 unspecified atom stereocenters. The molecule has 53 heavy (non-hydrogen) atoms. The highest BCUT2D eigenvalue weighted by Crippen LogP contribution is 2.37. The van der Waals surface area contributed by atoms with Gasteiger partial charge in [0.2, 0.25) is 5.91 Å². The van der Waals surface area contributed by atoms with Gasteiger partial charge in [-0.25, -0.2) is 4.79 Å². The van der Waals surface area contributed by atoms with Gasteiger partial charge in [0.15, 0.2) is 23.3 Å². The van der Waals surface area contributed by atoms with Crippen LogP contribution in [0.5, 0.6) is 0 Å². The van der Waals surface area contributed by atoms with Crippen molar-refractivity contribution >= 4 is 57.1 Å². The first-order valence-electron chi connectivity index (χ1n) is 17.1. The van der Waals surface area contributed by atoms with Crippen LogP contribution in [-0.2, 0) is 46.5 Å². The van der Waals surface area contributed by atoms with Gasteiger partial charge in [0.1, 0.15) is 23.8 Å². The van der Waals surface area contributed by atoms with Gasteiger partial charge in [0.05, 0.1) is 5.33 Å². The van der Waals surface area contributed by atoms with E-state index in [2.05, 4.69) is 21.2 Å². The first-order valence-corrected chi connectivity index (χ1v) is 19.1. The third-order valence-corrected chi connectivity index (χ3v) is 10.1. The van der Waals surface area contributed by atoms with Gasteiger partial charge in [0.25, 0.3) is 5.91 Å². The zero-order valence-electron chi connectivity index (χ0n) is 28.9. The summed E-state index contributed by atoms with van der Waals surface area (Å²) >= 11 is 3.79. The predicted octanol–water partition coefficient (Wildman–Crippen LogP) is 6.93. The maximum absolute atomic E-state index is 14.1. The molecule has 1 heterocycles. The van der Waals surface area contributed by atoms with Gasteiger partial charge in [0, 0.05) is 0 Å². The van der Waals surface area contributed by atoms with Crippen LogP contribution in [0.25, 0.3) is 0 Å². The number of aryl methyl sites for hydroxylation is 1. The van der Waals surface area contributed by atoms with E-state index in [1.165, 1.54) is 0 Å². The summed E-state index contributed by atoms with van der Waals surface area (Å²) in [4.78, 5) is 68.6. The normalized spacial score (nSPS) is 16.2. The fraction of sp³-hybridized carbons (Fsp3) is 0.244. The van der Waals surface area contributed by atoms with Gasteiger partial charge >= 0.3 is 11.9 Å². The average molecular weight is 800 g/mol. The molecule has 1 aliphatic rings. The molecule has 1 saturated heterocycles. The molecule has 1 aliphatic heterocycles. The number of allylic oxidation sites excluding steroid dienone is 1. The van der Waals surface area contributed by atoms with Gasteiger partial charge in [-0.05, 0) is 40.7 Å². The van der Waals surface area contributed by atoms with Crippen molar-refractivity contribution in [3.05, 3.63) is 155 Å². The van der Waals surface area contributed by atoms with E-state index in [1.807, 2.05) is 49.4 Å². The van der Waals surface area contributed by atoms with Crippen LogP contribution < -0.4 is 5.32 Å². The molecule has 0 bridgehead atoms. The Kier molecular flexibility index (Phi) is 14.0. The Morgan fingerprint density at radius 1 is 0.906 bits per heavy atom. The van der Waals surface area contributed by atoms with Crippen molar-refractivity contribution in [1.29, 1.82) is 0 Å². The van der Waals surface area contributed by atoms with Gasteiger partial charge in [-0.3, -0.25) is 24.1 Å². The number of β-lactam (4-membered cyclic amide) rings is 1. The monoisotopic (exact) mass is 798 g/mol. The predicted molar refractivity (Wildman–Crippen MR) is 205 cm³/mol. The first kappa shape index (κ1) is 39.0. The second kappa shape index (κ2) is 19.0. The van der Waals surface area contributed by atoms with E-state index in [4.69, 9.17) is 9.47 Å². The van der Waals surface area contributed by atoms with Crippen molar-refractivity contribution in [2.75, 3.05) is 5.33 Å². The molecule has 0 radical (unpaired) electrons. The Balaban J connectivity index is 1.42. The molecule has 4 aromatic carbocycles. The number of thioether (sulfide) groups is 1. The summed E-state index contributed by atoms with van der Waals surface area (Å²) in [6.07, 6.45) is 1.41. The number of halogens is 1. The van der Waals surface area contributed by atoms with Crippen LogP contribution in [-0.4, -0.2) is 56.1 Å². The smallest absolute Gasteiger partial charge is 0.359 e. The number of aliphatic hydroxyl groups excluding tert-OH is 1. The van der Waals surface area contributed by atoms with Crippen LogP contribution in [0.2, 0.25) is 0 Å². The minimum atomic E-state index is -1.44. The number of unbranched alkanes of at least 4 members (excludes halogenated alkanes) is 1. The molecule has 0 saturated carbocycles. The van der Waals surface area contributed by atoms with Gasteiger partial charge in [-0.1, -0.05) is 156 Å². The second-order valence-electron chi connectivity index (χ2n) is 12.2. The molecular formula is C41H39BrN2O8S. The van der Waals surface area contributed by atoms with E-state index in [1.54, 1.807) is 72.8 Å². The summed E-state index contributed by atoms with van der Waals surface area (Å²) in [5, 5.41) is 12.3. The number of likely N-dealkylation sites (tertiary alicyclic amines) is 1. The molecule has 12 heteroatoms. The Labute approximate surface area is 320 Å². The fourth-order valence-electron chi connectivity index (χ4n) is 6.03. The van der Waals surface area contributed by atoms with E-state index in [0.717, 1.165) is 28.9 Å². The Bertz CT molecular complexity index is 1890. The number of ether oxygens (including phenoxy) is 2.